The second-order valence-corrected chi connectivity index (χ2v) is 4.99. The third-order valence-corrected chi connectivity index (χ3v) is 3.55. The third kappa shape index (κ3) is 4.00. The van der Waals surface area contributed by atoms with Crippen LogP contribution in [0.1, 0.15) is 38.6 Å². The van der Waals surface area contributed by atoms with E-state index in [0.717, 1.165) is 36.8 Å². The van der Waals surface area contributed by atoms with Crippen molar-refractivity contribution in [3.8, 4) is 0 Å². The van der Waals surface area contributed by atoms with Crippen molar-refractivity contribution in [1.82, 2.24) is 15.1 Å². The molecule has 3 nitrogen and oxygen atoms in total. The minimum absolute atomic E-state index is 0.632. The van der Waals surface area contributed by atoms with Crippen LogP contribution in [-0.2, 0) is 13.0 Å². The number of hydrogen-bond acceptors (Lipinski definition) is 2. The summed E-state index contributed by atoms with van der Waals surface area (Å²) in [6.07, 6.45) is 2.19. The van der Waals surface area contributed by atoms with Crippen molar-refractivity contribution >= 4 is 11.6 Å². The molecule has 1 aromatic heterocycles. The number of hydrogen-bond donors (Lipinski definition) is 1. The van der Waals surface area contributed by atoms with Gasteiger partial charge in [0.2, 0.25) is 0 Å². The Balaban J connectivity index is 2.60. The number of halogens is 1. The molecule has 0 fully saturated rings. The largest absolute Gasteiger partial charge is 0.317 e. The molecule has 1 unspecified atom stereocenters. The molecule has 1 rings (SSSR count). The molecule has 0 bridgehead atoms. The zero-order valence-electron chi connectivity index (χ0n) is 11.4. The van der Waals surface area contributed by atoms with E-state index in [2.05, 4.69) is 31.2 Å². The van der Waals surface area contributed by atoms with Crippen LogP contribution < -0.4 is 5.32 Å². The van der Waals surface area contributed by atoms with Crippen LogP contribution in [0.15, 0.2) is 0 Å². The van der Waals surface area contributed by atoms with Gasteiger partial charge in [-0.15, -0.1) is 0 Å². The van der Waals surface area contributed by atoms with Crippen LogP contribution in [-0.4, -0.2) is 22.9 Å². The molecule has 17 heavy (non-hydrogen) atoms. The molecule has 0 aliphatic heterocycles. The zero-order valence-corrected chi connectivity index (χ0v) is 12.1. The number of nitrogens with one attached hydrogen (secondary N) is 1. The summed E-state index contributed by atoms with van der Waals surface area (Å²) in [5.74, 6) is 0.632. The van der Waals surface area contributed by atoms with Crippen molar-refractivity contribution in [2.24, 2.45) is 5.92 Å². The summed E-state index contributed by atoms with van der Waals surface area (Å²) in [5.41, 5.74) is 2.14. The van der Waals surface area contributed by atoms with Crippen molar-refractivity contribution in [3.05, 3.63) is 16.4 Å². The first kappa shape index (κ1) is 14.5. The minimum Gasteiger partial charge on any atom is -0.317 e. The Morgan fingerprint density at radius 3 is 2.71 bits per heavy atom. The average molecular weight is 258 g/mol. The fourth-order valence-electron chi connectivity index (χ4n) is 2.02. The maximum Gasteiger partial charge on any atom is 0.0847 e. The lowest BCUT2D eigenvalue weighted by molar-refractivity contribution is 0.481. The van der Waals surface area contributed by atoms with Crippen molar-refractivity contribution in [2.75, 3.05) is 13.1 Å². The summed E-state index contributed by atoms with van der Waals surface area (Å²) in [6.45, 7) is 11.5. The third-order valence-electron chi connectivity index (χ3n) is 3.06. The summed E-state index contributed by atoms with van der Waals surface area (Å²) in [7, 11) is 0. The maximum absolute atomic E-state index is 6.30. The van der Waals surface area contributed by atoms with E-state index in [1.807, 2.05) is 11.6 Å². The number of aromatic nitrogens is 2. The highest BCUT2D eigenvalue weighted by Crippen LogP contribution is 2.23. The molecule has 0 saturated heterocycles. The first-order chi connectivity index (χ1) is 8.10. The first-order valence-corrected chi connectivity index (χ1v) is 6.90. The number of aryl methyl sites for hydroxylation is 2. The Bertz CT molecular complexity index is 347. The second-order valence-electron chi connectivity index (χ2n) is 4.61. The summed E-state index contributed by atoms with van der Waals surface area (Å²) in [6, 6.07) is 0. The van der Waals surface area contributed by atoms with E-state index in [1.54, 1.807) is 0 Å². The lowest BCUT2D eigenvalue weighted by Crippen LogP contribution is -2.18. The van der Waals surface area contributed by atoms with Crippen molar-refractivity contribution < 1.29 is 0 Å². The molecule has 0 amide bonds. The van der Waals surface area contributed by atoms with Crippen LogP contribution in [0.5, 0.6) is 0 Å². The van der Waals surface area contributed by atoms with Crippen molar-refractivity contribution in [3.63, 3.8) is 0 Å². The van der Waals surface area contributed by atoms with Crippen molar-refractivity contribution in [1.29, 1.82) is 0 Å². The van der Waals surface area contributed by atoms with Gasteiger partial charge in [-0.25, -0.2) is 0 Å². The fraction of sp³-hybridized carbons (Fsp3) is 0.769. The molecule has 1 aromatic rings. The predicted molar refractivity (Wildman–Crippen MR) is 73.7 cm³/mol. The Labute approximate surface area is 110 Å². The Kier molecular flexibility index (Phi) is 6.00. The van der Waals surface area contributed by atoms with Gasteiger partial charge in [0, 0.05) is 6.54 Å². The fourth-order valence-corrected chi connectivity index (χ4v) is 2.23. The number of nitrogens with zero attached hydrogens (tertiary/aromatic N) is 2. The first-order valence-electron chi connectivity index (χ1n) is 6.52. The Morgan fingerprint density at radius 2 is 2.12 bits per heavy atom. The molecule has 4 heteroatoms. The maximum atomic E-state index is 6.30. The average Bonchev–Trinajstić information content (AvgIpc) is 2.57. The summed E-state index contributed by atoms with van der Waals surface area (Å²) >= 11 is 6.30. The van der Waals surface area contributed by atoms with E-state index in [4.69, 9.17) is 11.6 Å². The van der Waals surface area contributed by atoms with Gasteiger partial charge in [-0.3, -0.25) is 4.68 Å². The zero-order chi connectivity index (χ0) is 12.8. The topological polar surface area (TPSA) is 29.9 Å². The van der Waals surface area contributed by atoms with Crippen LogP contribution in [0.3, 0.4) is 0 Å². The van der Waals surface area contributed by atoms with Gasteiger partial charge in [-0.1, -0.05) is 25.4 Å². The van der Waals surface area contributed by atoms with E-state index in [0.29, 0.717) is 5.92 Å². The lowest BCUT2D eigenvalue weighted by atomic mass is 10.0. The Morgan fingerprint density at radius 1 is 1.41 bits per heavy atom. The predicted octanol–water partition coefficient (Wildman–Crippen LogP) is 3.04. The van der Waals surface area contributed by atoms with Crippen LogP contribution >= 0.6 is 11.6 Å². The molecule has 1 N–H and O–H groups in total. The second kappa shape index (κ2) is 7.02. The monoisotopic (exact) mass is 257 g/mol. The molecular weight excluding hydrogens is 234 g/mol. The normalized spacial score (nSPS) is 13.0. The standard InChI is InChI=1S/C13H24ClN3/c1-5-15-8-7-10(3)9-12-13(14)11(4)16-17(12)6-2/h10,15H,5-9H2,1-4H3. The van der Waals surface area contributed by atoms with Crippen LogP contribution in [0.4, 0.5) is 0 Å². The van der Waals surface area contributed by atoms with E-state index < -0.39 is 0 Å². The highest BCUT2D eigenvalue weighted by atomic mass is 35.5. The molecule has 0 aliphatic carbocycles. The van der Waals surface area contributed by atoms with Crippen LogP contribution in [0.2, 0.25) is 5.02 Å². The van der Waals surface area contributed by atoms with E-state index in [9.17, 15) is 0 Å². The summed E-state index contributed by atoms with van der Waals surface area (Å²) in [4.78, 5) is 0. The smallest absolute Gasteiger partial charge is 0.0847 e. The SMILES string of the molecule is CCNCCC(C)Cc1c(Cl)c(C)nn1CC. The molecule has 0 spiro atoms. The van der Waals surface area contributed by atoms with Gasteiger partial charge in [0.25, 0.3) is 0 Å². The highest BCUT2D eigenvalue weighted by Gasteiger charge is 2.15. The van der Waals surface area contributed by atoms with Gasteiger partial charge in [0.15, 0.2) is 0 Å². The Hall–Kier alpha value is -0.540. The van der Waals surface area contributed by atoms with E-state index in [1.165, 1.54) is 12.1 Å². The molecular formula is C13H24ClN3. The molecule has 0 radical (unpaired) electrons. The van der Waals surface area contributed by atoms with E-state index >= 15 is 0 Å². The van der Waals surface area contributed by atoms with Gasteiger partial charge in [0.1, 0.15) is 0 Å². The molecule has 0 saturated carbocycles. The minimum atomic E-state index is 0.632. The quantitative estimate of drug-likeness (QED) is 0.761. The van der Waals surface area contributed by atoms with Gasteiger partial charge in [-0.05, 0) is 45.7 Å². The molecule has 1 atom stereocenters. The van der Waals surface area contributed by atoms with Crippen LogP contribution in [0.25, 0.3) is 0 Å². The summed E-state index contributed by atoms with van der Waals surface area (Å²) in [5, 5.41) is 8.65. The van der Waals surface area contributed by atoms with E-state index in [-0.39, 0.29) is 0 Å². The lowest BCUT2D eigenvalue weighted by Gasteiger charge is -2.13. The molecule has 1 heterocycles. The van der Waals surface area contributed by atoms with Gasteiger partial charge >= 0.3 is 0 Å². The van der Waals surface area contributed by atoms with Gasteiger partial charge < -0.3 is 5.32 Å². The van der Waals surface area contributed by atoms with Crippen molar-refractivity contribution in [2.45, 2.75) is 47.1 Å². The van der Waals surface area contributed by atoms with Gasteiger partial charge in [-0.2, -0.15) is 5.10 Å². The number of rotatable bonds is 7. The molecule has 0 aromatic carbocycles. The molecule has 0 aliphatic rings. The summed E-state index contributed by atoms with van der Waals surface area (Å²) < 4.78 is 2.03. The molecule has 98 valence electrons. The van der Waals surface area contributed by atoms with Gasteiger partial charge in [0.05, 0.1) is 16.4 Å². The highest BCUT2D eigenvalue weighted by molar-refractivity contribution is 6.31. The van der Waals surface area contributed by atoms with Crippen LogP contribution in [0, 0.1) is 12.8 Å².